The number of benzene rings is 2. The summed E-state index contributed by atoms with van der Waals surface area (Å²) in [4.78, 5) is 14.2. The molecule has 0 spiro atoms. The van der Waals surface area contributed by atoms with Gasteiger partial charge in [0.25, 0.3) is 0 Å². The predicted octanol–water partition coefficient (Wildman–Crippen LogP) is 2.72. The van der Waals surface area contributed by atoms with E-state index in [-0.39, 0.29) is 16.9 Å². The molecule has 1 heterocycles. The number of morpholine rings is 1. The SMILES string of the molecule is COC(=O)C(CNS(=O)(=O)c1ccc(OCc2ccc(C(C)(C)C)cc2)cc1)N1CCOCC1. The summed E-state index contributed by atoms with van der Waals surface area (Å²) < 4.78 is 44.1. The van der Waals surface area contributed by atoms with Crippen molar-refractivity contribution < 1.29 is 27.4 Å². The molecule has 0 aliphatic carbocycles. The Labute approximate surface area is 202 Å². The second-order valence-electron chi connectivity index (χ2n) is 9.25. The lowest BCUT2D eigenvalue weighted by Gasteiger charge is -2.32. The van der Waals surface area contributed by atoms with E-state index >= 15 is 0 Å². The van der Waals surface area contributed by atoms with Crippen molar-refractivity contribution >= 4 is 16.0 Å². The molecule has 0 radical (unpaired) electrons. The van der Waals surface area contributed by atoms with Gasteiger partial charge in [0.2, 0.25) is 10.0 Å². The van der Waals surface area contributed by atoms with Crippen molar-refractivity contribution in [3.8, 4) is 5.75 Å². The smallest absolute Gasteiger partial charge is 0.324 e. The van der Waals surface area contributed by atoms with E-state index < -0.39 is 22.0 Å². The molecule has 1 fully saturated rings. The number of hydrogen-bond acceptors (Lipinski definition) is 7. The van der Waals surface area contributed by atoms with Gasteiger partial charge in [-0.25, -0.2) is 13.1 Å². The van der Waals surface area contributed by atoms with Crippen molar-refractivity contribution in [3.05, 3.63) is 59.7 Å². The summed E-state index contributed by atoms with van der Waals surface area (Å²) in [6.45, 7) is 8.85. The lowest BCUT2D eigenvalue weighted by atomic mass is 9.87. The Morgan fingerprint density at radius 3 is 2.24 bits per heavy atom. The Morgan fingerprint density at radius 1 is 1.06 bits per heavy atom. The number of hydrogen-bond donors (Lipinski definition) is 1. The topological polar surface area (TPSA) is 94.2 Å². The zero-order valence-corrected chi connectivity index (χ0v) is 21.1. The molecule has 186 valence electrons. The van der Waals surface area contributed by atoms with Crippen molar-refractivity contribution in [1.29, 1.82) is 0 Å². The molecule has 1 unspecified atom stereocenters. The quantitative estimate of drug-likeness (QED) is 0.540. The van der Waals surface area contributed by atoms with E-state index in [1.807, 2.05) is 17.0 Å². The fourth-order valence-corrected chi connectivity index (χ4v) is 4.68. The number of rotatable bonds is 9. The van der Waals surface area contributed by atoms with Crippen LogP contribution in [0.25, 0.3) is 0 Å². The van der Waals surface area contributed by atoms with Crippen LogP contribution in [0.15, 0.2) is 53.4 Å². The summed E-state index contributed by atoms with van der Waals surface area (Å²) >= 11 is 0. The van der Waals surface area contributed by atoms with Gasteiger partial charge >= 0.3 is 5.97 Å². The van der Waals surface area contributed by atoms with Gasteiger partial charge in [0.05, 0.1) is 25.2 Å². The van der Waals surface area contributed by atoms with Gasteiger partial charge in [0.1, 0.15) is 18.4 Å². The molecule has 1 atom stereocenters. The highest BCUT2D eigenvalue weighted by Crippen LogP contribution is 2.23. The highest BCUT2D eigenvalue weighted by molar-refractivity contribution is 7.89. The largest absolute Gasteiger partial charge is 0.489 e. The van der Waals surface area contributed by atoms with Crippen LogP contribution >= 0.6 is 0 Å². The highest BCUT2D eigenvalue weighted by atomic mass is 32.2. The third-order valence-corrected chi connectivity index (χ3v) is 7.23. The number of nitrogens with zero attached hydrogens (tertiary/aromatic N) is 1. The van der Waals surface area contributed by atoms with Crippen LogP contribution in [-0.4, -0.2) is 65.3 Å². The number of sulfonamides is 1. The first-order chi connectivity index (χ1) is 16.1. The lowest BCUT2D eigenvalue weighted by Crippen LogP contribution is -2.52. The molecule has 0 saturated carbocycles. The summed E-state index contributed by atoms with van der Waals surface area (Å²) in [5, 5.41) is 0. The normalized spacial score (nSPS) is 16.1. The Bertz CT molecular complexity index is 1040. The molecule has 0 aromatic heterocycles. The molecule has 9 heteroatoms. The van der Waals surface area contributed by atoms with Crippen molar-refractivity contribution in [2.45, 2.75) is 43.7 Å². The zero-order valence-electron chi connectivity index (χ0n) is 20.2. The lowest BCUT2D eigenvalue weighted by molar-refractivity contribution is -0.148. The Kier molecular flexibility index (Phi) is 8.70. The van der Waals surface area contributed by atoms with Crippen molar-refractivity contribution in [3.63, 3.8) is 0 Å². The fourth-order valence-electron chi connectivity index (χ4n) is 3.64. The standard InChI is InChI=1S/C25H34N2O6S/c1-25(2,3)20-7-5-19(6-8-20)18-33-21-9-11-22(12-10-21)34(29,30)26-17-23(24(28)31-4)27-13-15-32-16-14-27/h5-12,23,26H,13-18H2,1-4H3. The van der Waals surface area contributed by atoms with E-state index in [1.165, 1.54) is 24.8 Å². The van der Waals surface area contributed by atoms with Crippen LogP contribution in [0.4, 0.5) is 0 Å². The average Bonchev–Trinajstić information content (AvgIpc) is 2.83. The number of esters is 1. The second kappa shape index (κ2) is 11.3. The third kappa shape index (κ3) is 7.02. The van der Waals surface area contributed by atoms with Crippen LogP contribution in [-0.2, 0) is 36.3 Å². The second-order valence-corrected chi connectivity index (χ2v) is 11.0. The molecule has 0 amide bonds. The number of ether oxygens (including phenoxy) is 3. The van der Waals surface area contributed by atoms with Gasteiger partial charge in [0, 0.05) is 19.6 Å². The number of methoxy groups -OCH3 is 1. The van der Waals surface area contributed by atoms with E-state index in [9.17, 15) is 13.2 Å². The monoisotopic (exact) mass is 490 g/mol. The molecule has 1 aliphatic rings. The Hall–Kier alpha value is -2.46. The maximum atomic E-state index is 12.8. The van der Waals surface area contributed by atoms with Crippen LogP contribution in [0.1, 0.15) is 31.9 Å². The van der Waals surface area contributed by atoms with E-state index in [1.54, 1.807) is 12.1 Å². The molecule has 1 N–H and O–H groups in total. The number of nitrogens with one attached hydrogen (secondary N) is 1. The van der Waals surface area contributed by atoms with Crippen LogP contribution in [0, 0.1) is 0 Å². The van der Waals surface area contributed by atoms with Crippen molar-refractivity contribution in [2.75, 3.05) is 40.0 Å². The molecule has 0 bridgehead atoms. The fraction of sp³-hybridized carbons (Fsp3) is 0.480. The van der Waals surface area contributed by atoms with Crippen LogP contribution in [0.5, 0.6) is 5.75 Å². The van der Waals surface area contributed by atoms with Gasteiger partial charge in [-0.05, 0) is 40.8 Å². The first-order valence-electron chi connectivity index (χ1n) is 11.3. The van der Waals surface area contributed by atoms with E-state index in [0.717, 1.165) is 5.56 Å². The van der Waals surface area contributed by atoms with Gasteiger partial charge in [-0.1, -0.05) is 45.0 Å². The molecule has 3 rings (SSSR count). The van der Waals surface area contributed by atoms with Gasteiger partial charge in [0.15, 0.2) is 0 Å². The molecule has 2 aromatic rings. The minimum atomic E-state index is -3.81. The molecule has 1 aliphatic heterocycles. The summed E-state index contributed by atoms with van der Waals surface area (Å²) in [5.74, 6) is 0.0866. The summed E-state index contributed by atoms with van der Waals surface area (Å²) in [6, 6.07) is 13.8. The average molecular weight is 491 g/mol. The minimum absolute atomic E-state index is 0.0855. The predicted molar refractivity (Wildman–Crippen MR) is 129 cm³/mol. The first kappa shape index (κ1) is 26.2. The molecule has 2 aromatic carbocycles. The summed E-state index contributed by atoms with van der Waals surface area (Å²) in [7, 11) is -2.52. The first-order valence-corrected chi connectivity index (χ1v) is 12.8. The van der Waals surface area contributed by atoms with Gasteiger partial charge in [-0.15, -0.1) is 0 Å². The minimum Gasteiger partial charge on any atom is -0.489 e. The van der Waals surface area contributed by atoms with Crippen molar-refractivity contribution in [1.82, 2.24) is 9.62 Å². The zero-order chi connectivity index (χ0) is 24.8. The molecule has 8 nitrogen and oxygen atoms in total. The maximum Gasteiger partial charge on any atom is 0.324 e. The summed E-state index contributed by atoms with van der Waals surface area (Å²) in [6.07, 6.45) is 0. The highest BCUT2D eigenvalue weighted by Gasteiger charge is 2.30. The summed E-state index contributed by atoms with van der Waals surface area (Å²) in [5.41, 5.74) is 2.37. The number of carbonyl (C=O) groups excluding carboxylic acids is 1. The Morgan fingerprint density at radius 2 is 1.68 bits per heavy atom. The van der Waals surface area contributed by atoms with Crippen molar-refractivity contribution in [2.24, 2.45) is 0 Å². The third-order valence-electron chi connectivity index (χ3n) is 5.79. The van der Waals surface area contributed by atoms with Gasteiger partial charge in [-0.2, -0.15) is 0 Å². The van der Waals surface area contributed by atoms with E-state index in [0.29, 0.717) is 38.7 Å². The van der Waals surface area contributed by atoms with Crippen LogP contribution in [0.2, 0.25) is 0 Å². The van der Waals surface area contributed by atoms with Gasteiger partial charge in [-0.3, -0.25) is 9.69 Å². The molecular weight excluding hydrogens is 456 g/mol. The van der Waals surface area contributed by atoms with Crippen LogP contribution < -0.4 is 9.46 Å². The maximum absolute atomic E-state index is 12.8. The van der Waals surface area contributed by atoms with Gasteiger partial charge < -0.3 is 14.2 Å². The van der Waals surface area contributed by atoms with E-state index in [4.69, 9.17) is 14.2 Å². The number of carbonyl (C=O) groups is 1. The molecular formula is C25H34N2O6S. The van der Waals surface area contributed by atoms with E-state index in [2.05, 4.69) is 37.6 Å². The molecule has 1 saturated heterocycles. The molecule has 34 heavy (non-hydrogen) atoms. The Balaban J connectivity index is 1.58. The van der Waals surface area contributed by atoms with Crippen LogP contribution in [0.3, 0.4) is 0 Å².